The Kier molecular flexibility index (Phi) is 3.91. The van der Waals surface area contributed by atoms with Gasteiger partial charge in [-0.1, -0.05) is 12.1 Å². The summed E-state index contributed by atoms with van der Waals surface area (Å²) in [5.74, 6) is 0.869. The topological polar surface area (TPSA) is 48.1 Å². The predicted molar refractivity (Wildman–Crippen MR) is 65.6 cm³/mol. The molecule has 0 aliphatic rings. The molecule has 2 rings (SSSR count). The van der Waals surface area contributed by atoms with Crippen LogP contribution in [-0.4, -0.2) is 11.5 Å². The van der Waals surface area contributed by atoms with Gasteiger partial charge in [0.25, 0.3) is 0 Å². The van der Waals surface area contributed by atoms with Crippen molar-refractivity contribution in [3.8, 4) is 5.75 Å². The Morgan fingerprint density at radius 3 is 2.69 bits per heavy atom. The Bertz CT molecular complexity index is 411. The van der Waals surface area contributed by atoms with Gasteiger partial charge in [0, 0.05) is 5.38 Å². The number of thiazole rings is 1. The Labute approximate surface area is 98.9 Å². The summed E-state index contributed by atoms with van der Waals surface area (Å²) in [6.45, 7) is 1.21. The lowest BCUT2D eigenvalue weighted by atomic mass is 10.1. The fourth-order valence-electron chi connectivity index (χ4n) is 1.39. The second-order valence-electron chi connectivity index (χ2n) is 3.45. The highest BCUT2D eigenvalue weighted by atomic mass is 32.1. The van der Waals surface area contributed by atoms with Crippen molar-refractivity contribution in [3.05, 3.63) is 46.4 Å². The molecule has 3 nitrogen and oxygen atoms in total. The van der Waals surface area contributed by atoms with Crippen LogP contribution in [0.15, 0.2) is 35.2 Å². The molecule has 0 radical (unpaired) electrons. The normalized spacial score (nSPS) is 10.3. The first-order valence-electron chi connectivity index (χ1n) is 5.17. The minimum Gasteiger partial charge on any atom is -0.487 e. The fraction of sp³-hybridized carbons (Fsp3) is 0.250. The van der Waals surface area contributed by atoms with Crippen LogP contribution in [0.1, 0.15) is 11.3 Å². The molecular formula is C12H14N2OS. The van der Waals surface area contributed by atoms with Gasteiger partial charge in [-0.2, -0.15) is 0 Å². The van der Waals surface area contributed by atoms with Crippen LogP contribution in [0.3, 0.4) is 0 Å². The van der Waals surface area contributed by atoms with Crippen LogP contribution in [0.25, 0.3) is 0 Å². The van der Waals surface area contributed by atoms with Gasteiger partial charge >= 0.3 is 0 Å². The van der Waals surface area contributed by atoms with E-state index in [2.05, 4.69) is 4.98 Å². The Hall–Kier alpha value is -1.39. The number of rotatable bonds is 5. The third-order valence-electron chi connectivity index (χ3n) is 2.23. The summed E-state index contributed by atoms with van der Waals surface area (Å²) in [5.41, 5.74) is 9.50. The minimum absolute atomic E-state index is 0.528. The van der Waals surface area contributed by atoms with E-state index >= 15 is 0 Å². The number of aromatic nitrogens is 1. The van der Waals surface area contributed by atoms with Gasteiger partial charge < -0.3 is 10.5 Å². The van der Waals surface area contributed by atoms with Crippen molar-refractivity contribution in [2.45, 2.75) is 13.0 Å². The molecule has 1 heterocycles. The second kappa shape index (κ2) is 5.63. The summed E-state index contributed by atoms with van der Waals surface area (Å²) in [4.78, 5) is 4.16. The third-order valence-corrected chi connectivity index (χ3v) is 2.86. The first-order valence-corrected chi connectivity index (χ1v) is 6.11. The molecule has 84 valence electrons. The summed E-state index contributed by atoms with van der Waals surface area (Å²) in [6.07, 6.45) is 0.909. The predicted octanol–water partition coefficient (Wildman–Crippen LogP) is 2.22. The molecule has 0 aliphatic heterocycles. The molecule has 0 saturated carbocycles. The zero-order valence-electron chi connectivity index (χ0n) is 8.93. The molecule has 0 aliphatic carbocycles. The molecular weight excluding hydrogens is 220 g/mol. The fourth-order valence-corrected chi connectivity index (χ4v) is 1.93. The zero-order chi connectivity index (χ0) is 11.2. The van der Waals surface area contributed by atoms with E-state index in [0.29, 0.717) is 13.2 Å². The van der Waals surface area contributed by atoms with E-state index in [1.165, 1.54) is 5.56 Å². The van der Waals surface area contributed by atoms with Gasteiger partial charge in [0.1, 0.15) is 12.4 Å². The molecule has 0 bridgehead atoms. The van der Waals surface area contributed by atoms with E-state index in [-0.39, 0.29) is 0 Å². The average molecular weight is 234 g/mol. The Morgan fingerprint density at radius 1 is 1.25 bits per heavy atom. The van der Waals surface area contributed by atoms with Crippen LogP contribution in [-0.2, 0) is 13.0 Å². The van der Waals surface area contributed by atoms with Crippen molar-refractivity contribution < 1.29 is 4.74 Å². The summed E-state index contributed by atoms with van der Waals surface area (Å²) < 4.78 is 5.60. The maximum atomic E-state index is 5.60. The number of hydrogen-bond acceptors (Lipinski definition) is 4. The molecule has 1 aromatic heterocycles. The van der Waals surface area contributed by atoms with E-state index in [9.17, 15) is 0 Å². The SMILES string of the molecule is NCCc1ccc(OCc2cscn2)cc1. The third kappa shape index (κ3) is 3.05. The van der Waals surface area contributed by atoms with Gasteiger partial charge in [0.05, 0.1) is 11.2 Å². The first-order chi connectivity index (χ1) is 7.88. The maximum Gasteiger partial charge on any atom is 0.131 e. The Balaban J connectivity index is 1.90. The van der Waals surface area contributed by atoms with Crippen molar-refractivity contribution in [1.82, 2.24) is 4.98 Å². The van der Waals surface area contributed by atoms with Gasteiger partial charge in [0.2, 0.25) is 0 Å². The number of nitrogens with two attached hydrogens (primary N) is 1. The van der Waals surface area contributed by atoms with Crippen LogP contribution < -0.4 is 10.5 Å². The van der Waals surface area contributed by atoms with E-state index in [4.69, 9.17) is 10.5 Å². The van der Waals surface area contributed by atoms with Gasteiger partial charge in [-0.05, 0) is 30.7 Å². The van der Waals surface area contributed by atoms with Crippen LogP contribution in [0.5, 0.6) is 5.75 Å². The first kappa shape index (κ1) is 11.1. The van der Waals surface area contributed by atoms with Crippen LogP contribution in [0, 0.1) is 0 Å². The molecule has 2 N–H and O–H groups in total. The standard InChI is InChI=1S/C12H14N2OS/c13-6-5-10-1-3-12(4-2-10)15-7-11-8-16-9-14-11/h1-4,8-9H,5-7,13H2. The highest BCUT2D eigenvalue weighted by molar-refractivity contribution is 7.07. The zero-order valence-corrected chi connectivity index (χ0v) is 9.74. The average Bonchev–Trinajstić information content (AvgIpc) is 2.82. The molecule has 0 atom stereocenters. The molecule has 0 spiro atoms. The molecule has 0 amide bonds. The van der Waals surface area contributed by atoms with Gasteiger partial charge in [-0.3, -0.25) is 0 Å². The molecule has 1 aromatic carbocycles. The number of benzene rings is 1. The highest BCUT2D eigenvalue weighted by Crippen LogP contribution is 2.14. The van der Waals surface area contributed by atoms with Crippen LogP contribution in [0.4, 0.5) is 0 Å². The van der Waals surface area contributed by atoms with E-state index in [1.54, 1.807) is 11.3 Å². The second-order valence-corrected chi connectivity index (χ2v) is 4.17. The number of nitrogens with zero attached hydrogens (tertiary/aromatic N) is 1. The largest absolute Gasteiger partial charge is 0.487 e. The number of hydrogen-bond donors (Lipinski definition) is 1. The van der Waals surface area contributed by atoms with Crippen molar-refractivity contribution in [3.63, 3.8) is 0 Å². The molecule has 0 saturated heterocycles. The quantitative estimate of drug-likeness (QED) is 0.863. The lowest BCUT2D eigenvalue weighted by Crippen LogP contribution is -2.02. The van der Waals surface area contributed by atoms with Gasteiger partial charge in [-0.25, -0.2) is 4.98 Å². The minimum atomic E-state index is 0.528. The Morgan fingerprint density at radius 2 is 2.06 bits per heavy atom. The summed E-state index contributed by atoms with van der Waals surface area (Å²) in [6, 6.07) is 8.03. The molecule has 0 unspecified atom stereocenters. The molecule has 2 aromatic rings. The van der Waals surface area contributed by atoms with Gasteiger partial charge in [-0.15, -0.1) is 11.3 Å². The van der Waals surface area contributed by atoms with Crippen molar-refractivity contribution in [2.75, 3.05) is 6.54 Å². The molecule has 4 heteroatoms. The monoisotopic (exact) mass is 234 g/mol. The summed E-state index contributed by atoms with van der Waals surface area (Å²) in [7, 11) is 0. The van der Waals surface area contributed by atoms with E-state index in [0.717, 1.165) is 17.9 Å². The van der Waals surface area contributed by atoms with Crippen LogP contribution >= 0.6 is 11.3 Å². The number of ether oxygens (including phenoxy) is 1. The molecule has 0 fully saturated rings. The van der Waals surface area contributed by atoms with Crippen molar-refractivity contribution in [1.29, 1.82) is 0 Å². The van der Waals surface area contributed by atoms with E-state index < -0.39 is 0 Å². The maximum absolute atomic E-state index is 5.60. The highest BCUT2D eigenvalue weighted by Gasteiger charge is 1.98. The smallest absolute Gasteiger partial charge is 0.131 e. The van der Waals surface area contributed by atoms with Crippen molar-refractivity contribution in [2.24, 2.45) is 5.73 Å². The van der Waals surface area contributed by atoms with Crippen LogP contribution in [0.2, 0.25) is 0 Å². The molecule has 16 heavy (non-hydrogen) atoms. The van der Waals surface area contributed by atoms with Crippen molar-refractivity contribution >= 4 is 11.3 Å². The van der Waals surface area contributed by atoms with Gasteiger partial charge in [0.15, 0.2) is 0 Å². The lowest BCUT2D eigenvalue weighted by Gasteiger charge is -2.05. The van der Waals surface area contributed by atoms with E-state index in [1.807, 2.05) is 35.2 Å². The summed E-state index contributed by atoms with van der Waals surface area (Å²) in [5, 5.41) is 1.99. The summed E-state index contributed by atoms with van der Waals surface area (Å²) >= 11 is 1.58. The lowest BCUT2D eigenvalue weighted by molar-refractivity contribution is 0.302.